The molecule has 4 rings (SSSR count). The van der Waals surface area contributed by atoms with Gasteiger partial charge in [0.1, 0.15) is 5.52 Å². The number of imidazole rings is 1. The second-order valence-electron chi connectivity index (χ2n) is 5.93. The van der Waals surface area contributed by atoms with Gasteiger partial charge in [-0.25, -0.2) is 9.97 Å². The molecule has 0 bridgehead atoms. The highest BCUT2D eigenvalue weighted by Crippen LogP contribution is 2.36. The molecule has 23 heavy (non-hydrogen) atoms. The number of hydrogen-bond acceptors (Lipinski definition) is 4. The monoisotopic (exact) mass is 307 g/mol. The zero-order chi connectivity index (χ0) is 15.8. The van der Waals surface area contributed by atoms with E-state index in [4.69, 9.17) is 0 Å². The highest BCUT2D eigenvalue weighted by Gasteiger charge is 2.25. The molecule has 0 aromatic carbocycles. The van der Waals surface area contributed by atoms with Gasteiger partial charge >= 0.3 is 0 Å². The second-order valence-corrected chi connectivity index (χ2v) is 5.93. The Hall–Kier alpha value is -2.76. The molecule has 0 aliphatic heterocycles. The third kappa shape index (κ3) is 2.67. The molecule has 1 amide bonds. The highest BCUT2D eigenvalue weighted by molar-refractivity contribution is 5.96. The van der Waals surface area contributed by atoms with E-state index < -0.39 is 0 Å². The Morgan fingerprint density at radius 2 is 2.22 bits per heavy atom. The van der Waals surface area contributed by atoms with Crippen molar-refractivity contribution in [2.45, 2.75) is 31.8 Å². The average Bonchev–Trinajstić information content (AvgIpc) is 3.34. The fourth-order valence-electron chi connectivity index (χ4n) is 2.66. The summed E-state index contributed by atoms with van der Waals surface area (Å²) in [4.78, 5) is 25.3. The lowest BCUT2D eigenvalue weighted by molar-refractivity contribution is 0.0939. The van der Waals surface area contributed by atoms with E-state index in [9.17, 15) is 4.79 Å². The van der Waals surface area contributed by atoms with Crippen molar-refractivity contribution in [2.75, 3.05) is 0 Å². The zero-order valence-electron chi connectivity index (χ0n) is 12.8. The minimum Gasteiger partial charge on any atom is -0.345 e. The van der Waals surface area contributed by atoms with E-state index >= 15 is 0 Å². The molecule has 6 heteroatoms. The topological polar surface area (TPSA) is 72.7 Å². The van der Waals surface area contributed by atoms with Crippen molar-refractivity contribution in [3.63, 3.8) is 0 Å². The third-order valence-corrected chi connectivity index (χ3v) is 4.15. The Kier molecular flexibility index (Phi) is 3.29. The van der Waals surface area contributed by atoms with Gasteiger partial charge in [-0.05, 0) is 37.5 Å². The fraction of sp³-hybridized carbons (Fsp3) is 0.294. The van der Waals surface area contributed by atoms with Gasteiger partial charge < -0.3 is 9.88 Å². The standard InChI is InChI=1S/C17H17N5O/c1-11(12-3-2-6-18-8-12)21-17(23)13-7-15-16(19-9-13)22(10-20-15)14-4-5-14/h2-3,6-11,14H,4-5H2,1H3,(H,21,23). The summed E-state index contributed by atoms with van der Waals surface area (Å²) in [5, 5.41) is 2.97. The van der Waals surface area contributed by atoms with E-state index in [0.717, 1.165) is 16.7 Å². The van der Waals surface area contributed by atoms with Crippen molar-refractivity contribution in [3.8, 4) is 0 Å². The molecule has 1 atom stereocenters. The van der Waals surface area contributed by atoms with Crippen LogP contribution in [0.1, 0.15) is 47.8 Å². The van der Waals surface area contributed by atoms with Gasteiger partial charge in [-0.1, -0.05) is 6.07 Å². The quantitative estimate of drug-likeness (QED) is 0.804. The van der Waals surface area contributed by atoms with E-state index in [-0.39, 0.29) is 11.9 Å². The zero-order valence-corrected chi connectivity index (χ0v) is 12.8. The van der Waals surface area contributed by atoms with Gasteiger partial charge in [0.05, 0.1) is 17.9 Å². The lowest BCUT2D eigenvalue weighted by Crippen LogP contribution is -2.26. The number of nitrogens with one attached hydrogen (secondary N) is 1. The van der Waals surface area contributed by atoms with Gasteiger partial charge in [-0.15, -0.1) is 0 Å². The van der Waals surface area contributed by atoms with Crippen LogP contribution in [0.15, 0.2) is 43.1 Å². The number of carbonyl (C=O) groups is 1. The summed E-state index contributed by atoms with van der Waals surface area (Å²) in [5.41, 5.74) is 3.10. The van der Waals surface area contributed by atoms with Crippen molar-refractivity contribution in [1.82, 2.24) is 24.8 Å². The highest BCUT2D eigenvalue weighted by atomic mass is 16.1. The molecule has 0 saturated heterocycles. The van der Waals surface area contributed by atoms with Gasteiger partial charge in [-0.2, -0.15) is 0 Å². The average molecular weight is 307 g/mol. The molecule has 1 saturated carbocycles. The van der Waals surface area contributed by atoms with E-state index in [1.807, 2.05) is 25.4 Å². The number of carbonyl (C=O) groups excluding carboxylic acids is 1. The van der Waals surface area contributed by atoms with Crippen molar-refractivity contribution in [2.24, 2.45) is 0 Å². The first-order chi connectivity index (χ1) is 11.2. The molecular formula is C17H17N5O. The number of pyridine rings is 2. The van der Waals surface area contributed by atoms with Gasteiger partial charge in [-0.3, -0.25) is 9.78 Å². The summed E-state index contributed by atoms with van der Waals surface area (Å²) in [5.74, 6) is -0.156. The third-order valence-electron chi connectivity index (χ3n) is 4.15. The SMILES string of the molecule is CC(NC(=O)c1cnc2c(c1)ncn2C1CC1)c1cccnc1. The molecule has 3 aromatic heterocycles. The Labute approximate surface area is 133 Å². The molecule has 116 valence electrons. The summed E-state index contributed by atoms with van der Waals surface area (Å²) in [7, 11) is 0. The summed E-state index contributed by atoms with van der Waals surface area (Å²) in [6.07, 6.45) is 9.26. The smallest absolute Gasteiger partial charge is 0.253 e. The van der Waals surface area contributed by atoms with E-state index in [2.05, 4.69) is 24.8 Å². The molecule has 3 heterocycles. The first-order valence-electron chi connectivity index (χ1n) is 7.76. The van der Waals surface area contributed by atoms with Crippen LogP contribution < -0.4 is 5.32 Å². The largest absolute Gasteiger partial charge is 0.345 e. The van der Waals surface area contributed by atoms with E-state index in [1.165, 1.54) is 12.8 Å². The van der Waals surface area contributed by atoms with Crippen molar-refractivity contribution in [3.05, 3.63) is 54.2 Å². The van der Waals surface area contributed by atoms with Gasteiger partial charge in [0.15, 0.2) is 5.65 Å². The Bertz CT molecular complexity index is 854. The molecule has 1 fully saturated rings. The molecule has 1 aliphatic carbocycles. The van der Waals surface area contributed by atoms with Crippen LogP contribution in [0.4, 0.5) is 0 Å². The second kappa shape index (κ2) is 5.46. The number of fused-ring (bicyclic) bond motifs is 1. The molecule has 6 nitrogen and oxygen atoms in total. The molecule has 1 N–H and O–H groups in total. The summed E-state index contributed by atoms with van der Waals surface area (Å²) in [6.45, 7) is 1.93. The maximum Gasteiger partial charge on any atom is 0.253 e. The van der Waals surface area contributed by atoms with Gasteiger partial charge in [0.2, 0.25) is 0 Å². The normalized spacial score (nSPS) is 15.5. The van der Waals surface area contributed by atoms with Crippen molar-refractivity contribution >= 4 is 17.1 Å². The number of nitrogens with zero attached hydrogens (tertiary/aromatic N) is 4. The predicted molar refractivity (Wildman–Crippen MR) is 85.9 cm³/mol. The van der Waals surface area contributed by atoms with Crippen LogP contribution in [0.25, 0.3) is 11.2 Å². The molecule has 0 spiro atoms. The first kappa shape index (κ1) is 13.9. The van der Waals surface area contributed by atoms with Crippen LogP contribution in [-0.2, 0) is 0 Å². The minimum atomic E-state index is -0.156. The van der Waals surface area contributed by atoms with Gasteiger partial charge in [0, 0.05) is 24.6 Å². The Balaban J connectivity index is 1.55. The van der Waals surface area contributed by atoms with Crippen LogP contribution in [-0.4, -0.2) is 25.4 Å². The number of amides is 1. The number of rotatable bonds is 4. The molecule has 0 radical (unpaired) electrons. The molecule has 1 unspecified atom stereocenters. The molecular weight excluding hydrogens is 290 g/mol. The van der Waals surface area contributed by atoms with Crippen LogP contribution in [0, 0.1) is 0 Å². The van der Waals surface area contributed by atoms with Crippen LogP contribution in [0.2, 0.25) is 0 Å². The predicted octanol–water partition coefficient (Wildman–Crippen LogP) is 2.65. The van der Waals surface area contributed by atoms with Crippen molar-refractivity contribution < 1.29 is 4.79 Å². The lowest BCUT2D eigenvalue weighted by atomic mass is 10.1. The Morgan fingerprint density at radius 3 is 2.96 bits per heavy atom. The molecule has 3 aromatic rings. The first-order valence-corrected chi connectivity index (χ1v) is 7.76. The van der Waals surface area contributed by atoms with Crippen LogP contribution >= 0.6 is 0 Å². The summed E-state index contributed by atoms with van der Waals surface area (Å²) in [6, 6.07) is 6.01. The summed E-state index contributed by atoms with van der Waals surface area (Å²) >= 11 is 0. The summed E-state index contributed by atoms with van der Waals surface area (Å²) < 4.78 is 2.09. The van der Waals surface area contributed by atoms with Gasteiger partial charge in [0.25, 0.3) is 5.91 Å². The minimum absolute atomic E-state index is 0.115. The number of hydrogen-bond donors (Lipinski definition) is 1. The van der Waals surface area contributed by atoms with Crippen LogP contribution in [0.5, 0.6) is 0 Å². The van der Waals surface area contributed by atoms with E-state index in [1.54, 1.807) is 24.7 Å². The maximum absolute atomic E-state index is 12.4. The molecule has 1 aliphatic rings. The lowest BCUT2D eigenvalue weighted by Gasteiger charge is -2.13. The number of aromatic nitrogens is 4. The maximum atomic E-state index is 12.4. The van der Waals surface area contributed by atoms with E-state index in [0.29, 0.717) is 11.6 Å². The van der Waals surface area contributed by atoms with Crippen molar-refractivity contribution in [1.29, 1.82) is 0 Å². The Morgan fingerprint density at radius 1 is 1.35 bits per heavy atom. The fourth-order valence-corrected chi connectivity index (χ4v) is 2.66. The van der Waals surface area contributed by atoms with Crippen LogP contribution in [0.3, 0.4) is 0 Å².